The highest BCUT2D eigenvalue weighted by Gasteiger charge is 2.28. The summed E-state index contributed by atoms with van der Waals surface area (Å²) < 4.78 is 6.26. The van der Waals surface area contributed by atoms with Crippen molar-refractivity contribution in [2.24, 2.45) is 5.41 Å². The Morgan fingerprint density at radius 2 is 2.04 bits per heavy atom. The summed E-state index contributed by atoms with van der Waals surface area (Å²) in [6.45, 7) is 6.58. The Hall–Kier alpha value is -2.30. The van der Waals surface area contributed by atoms with Crippen LogP contribution in [0.5, 0.6) is 5.75 Å². The number of aryl methyl sites for hydroxylation is 1. The van der Waals surface area contributed by atoms with Gasteiger partial charge in [0.25, 0.3) is 0 Å². The quantitative estimate of drug-likeness (QED) is 0.802. The van der Waals surface area contributed by atoms with Crippen molar-refractivity contribution in [1.82, 2.24) is 4.98 Å². The highest BCUT2D eigenvalue weighted by Crippen LogP contribution is 2.39. The Balaban J connectivity index is 2.01. The van der Waals surface area contributed by atoms with Crippen molar-refractivity contribution in [2.75, 3.05) is 5.73 Å². The lowest BCUT2D eigenvalue weighted by Crippen LogP contribution is -2.28. The first-order valence-electron chi connectivity index (χ1n) is 9.43. The number of nitrogen functional groups attached to an aromatic ring is 1. The molecule has 2 aromatic rings. The molecule has 26 heavy (non-hydrogen) atoms. The van der Waals surface area contributed by atoms with Crippen molar-refractivity contribution in [1.29, 1.82) is 0 Å². The second-order valence-corrected chi connectivity index (χ2v) is 8.03. The zero-order valence-electron chi connectivity index (χ0n) is 15.8. The maximum absolute atomic E-state index is 11.8. The van der Waals surface area contributed by atoms with Gasteiger partial charge in [-0.15, -0.1) is 0 Å². The first-order valence-corrected chi connectivity index (χ1v) is 9.43. The van der Waals surface area contributed by atoms with Gasteiger partial charge in [-0.1, -0.05) is 33.3 Å². The molecule has 1 heterocycles. The maximum atomic E-state index is 11.8. The summed E-state index contributed by atoms with van der Waals surface area (Å²) in [7, 11) is 0. The zero-order chi connectivity index (χ0) is 18.9. The first kappa shape index (κ1) is 18.5. The number of carboxylic acid groups (broad SMARTS) is 1. The Morgan fingerprint density at radius 3 is 2.65 bits per heavy atom. The number of rotatable bonds is 5. The Morgan fingerprint density at radius 1 is 1.35 bits per heavy atom. The van der Waals surface area contributed by atoms with Crippen LogP contribution in [0.3, 0.4) is 0 Å². The molecule has 5 nitrogen and oxygen atoms in total. The van der Waals surface area contributed by atoms with Gasteiger partial charge in [0.1, 0.15) is 11.3 Å². The van der Waals surface area contributed by atoms with Crippen molar-refractivity contribution in [3.8, 4) is 5.75 Å². The third-order valence-corrected chi connectivity index (χ3v) is 5.37. The van der Waals surface area contributed by atoms with Crippen LogP contribution in [-0.4, -0.2) is 22.2 Å². The van der Waals surface area contributed by atoms with E-state index in [4.69, 9.17) is 10.5 Å². The number of fused-ring (bicyclic) bond motifs is 1. The number of aromatic carboxylic acids is 1. The molecule has 0 amide bonds. The summed E-state index contributed by atoms with van der Waals surface area (Å²) in [5.41, 5.74) is 8.28. The molecule has 5 heteroatoms. The molecule has 0 unspecified atom stereocenters. The highest BCUT2D eigenvalue weighted by molar-refractivity contribution is 6.06. The number of hydrogen-bond donors (Lipinski definition) is 2. The van der Waals surface area contributed by atoms with Crippen molar-refractivity contribution in [3.63, 3.8) is 0 Å². The third kappa shape index (κ3) is 3.62. The molecule has 1 aliphatic rings. The van der Waals surface area contributed by atoms with E-state index in [-0.39, 0.29) is 17.4 Å². The van der Waals surface area contributed by atoms with E-state index in [1.807, 2.05) is 25.1 Å². The van der Waals surface area contributed by atoms with Gasteiger partial charge in [-0.05, 0) is 49.7 Å². The summed E-state index contributed by atoms with van der Waals surface area (Å²) >= 11 is 0. The predicted octanol–water partition coefficient (Wildman–Crippen LogP) is 4.82. The topological polar surface area (TPSA) is 85.4 Å². The van der Waals surface area contributed by atoms with Gasteiger partial charge in [0.15, 0.2) is 0 Å². The van der Waals surface area contributed by atoms with Crippen LogP contribution in [0, 0.1) is 5.41 Å². The van der Waals surface area contributed by atoms with Crippen LogP contribution in [0.1, 0.15) is 68.9 Å². The normalized spacial score (nSPS) is 17.3. The lowest BCUT2D eigenvalue weighted by Gasteiger charge is -2.34. The number of hydrogen-bond acceptors (Lipinski definition) is 4. The van der Waals surface area contributed by atoms with Gasteiger partial charge in [-0.2, -0.15) is 0 Å². The van der Waals surface area contributed by atoms with E-state index < -0.39 is 5.97 Å². The van der Waals surface area contributed by atoms with Gasteiger partial charge in [0, 0.05) is 0 Å². The number of carbonyl (C=O) groups is 1. The van der Waals surface area contributed by atoms with Gasteiger partial charge in [0.05, 0.1) is 28.4 Å². The molecule has 1 saturated carbocycles. The van der Waals surface area contributed by atoms with Crippen LogP contribution >= 0.6 is 0 Å². The van der Waals surface area contributed by atoms with Crippen molar-refractivity contribution in [3.05, 3.63) is 29.5 Å². The second kappa shape index (κ2) is 7.14. The molecule has 0 aliphatic heterocycles. The van der Waals surface area contributed by atoms with E-state index >= 15 is 0 Å². The molecule has 0 radical (unpaired) electrons. The largest absolute Gasteiger partial charge is 0.490 e. The Bertz CT molecular complexity index is 820. The van der Waals surface area contributed by atoms with E-state index in [0.29, 0.717) is 34.2 Å². The van der Waals surface area contributed by atoms with Gasteiger partial charge >= 0.3 is 5.97 Å². The molecule has 0 spiro atoms. The minimum absolute atomic E-state index is 0.111. The van der Waals surface area contributed by atoms with Gasteiger partial charge in [-0.25, -0.2) is 4.79 Å². The summed E-state index contributed by atoms with van der Waals surface area (Å²) in [5.74, 6) is -0.391. The van der Waals surface area contributed by atoms with E-state index in [1.54, 1.807) is 0 Å². The lowest BCUT2D eigenvalue weighted by molar-refractivity contribution is 0.0696. The maximum Gasteiger partial charge on any atom is 0.339 e. The predicted molar refractivity (Wildman–Crippen MR) is 104 cm³/mol. The van der Waals surface area contributed by atoms with E-state index in [1.165, 1.54) is 0 Å². The summed E-state index contributed by atoms with van der Waals surface area (Å²) in [4.78, 5) is 16.4. The molecule has 1 aliphatic carbocycles. The molecular weight excluding hydrogens is 328 g/mol. The SMILES string of the molecule is CCCc1nc2cccc(OC3CCC(C)(C)CC3)c2c(N)c1C(=O)O. The van der Waals surface area contributed by atoms with Crippen molar-refractivity contribution >= 4 is 22.6 Å². The minimum Gasteiger partial charge on any atom is -0.490 e. The first-order chi connectivity index (χ1) is 12.3. The monoisotopic (exact) mass is 356 g/mol. The fraction of sp³-hybridized carbons (Fsp3) is 0.524. The zero-order valence-corrected chi connectivity index (χ0v) is 15.8. The Labute approximate surface area is 154 Å². The fourth-order valence-corrected chi connectivity index (χ4v) is 3.79. The van der Waals surface area contributed by atoms with Crippen LogP contribution in [0.25, 0.3) is 10.9 Å². The van der Waals surface area contributed by atoms with Gasteiger partial charge < -0.3 is 15.6 Å². The number of ether oxygens (including phenoxy) is 1. The molecular formula is C21H28N2O3. The molecule has 0 atom stereocenters. The van der Waals surface area contributed by atoms with Crippen molar-refractivity contribution in [2.45, 2.75) is 65.4 Å². The van der Waals surface area contributed by atoms with E-state index in [2.05, 4.69) is 18.8 Å². The molecule has 140 valence electrons. The number of anilines is 1. The number of benzene rings is 1. The molecule has 1 aromatic carbocycles. The average molecular weight is 356 g/mol. The highest BCUT2D eigenvalue weighted by atomic mass is 16.5. The van der Waals surface area contributed by atoms with Crippen LogP contribution < -0.4 is 10.5 Å². The van der Waals surface area contributed by atoms with Gasteiger partial charge in [0.2, 0.25) is 0 Å². The molecule has 3 rings (SSSR count). The standard InChI is InChI=1S/C21H28N2O3/c1-4-6-14-18(20(24)25)19(22)17-15(23-14)7-5-8-16(17)26-13-9-11-21(2,3)12-10-13/h5,7-8,13H,4,6,9-12H2,1-3H3,(H2,22,23)(H,24,25). The van der Waals surface area contributed by atoms with Crippen LogP contribution in [0.4, 0.5) is 5.69 Å². The van der Waals surface area contributed by atoms with Crippen LogP contribution in [0.2, 0.25) is 0 Å². The molecule has 0 saturated heterocycles. The smallest absolute Gasteiger partial charge is 0.339 e. The van der Waals surface area contributed by atoms with Crippen molar-refractivity contribution < 1.29 is 14.6 Å². The number of pyridine rings is 1. The summed E-state index contributed by atoms with van der Waals surface area (Å²) in [6.07, 6.45) is 5.77. The molecule has 3 N–H and O–H groups in total. The summed E-state index contributed by atoms with van der Waals surface area (Å²) in [6, 6.07) is 5.63. The minimum atomic E-state index is -1.03. The Kier molecular flexibility index (Phi) is 5.08. The van der Waals surface area contributed by atoms with Crippen LogP contribution in [-0.2, 0) is 6.42 Å². The number of nitrogens with zero attached hydrogens (tertiary/aromatic N) is 1. The lowest BCUT2D eigenvalue weighted by atomic mass is 9.76. The van der Waals surface area contributed by atoms with E-state index in [9.17, 15) is 9.90 Å². The molecule has 0 bridgehead atoms. The fourth-order valence-electron chi connectivity index (χ4n) is 3.79. The summed E-state index contributed by atoms with van der Waals surface area (Å²) in [5, 5.41) is 10.3. The molecule has 1 fully saturated rings. The number of nitrogens with two attached hydrogens (primary N) is 1. The van der Waals surface area contributed by atoms with E-state index in [0.717, 1.165) is 32.1 Å². The average Bonchev–Trinajstić information content (AvgIpc) is 2.56. The number of aromatic nitrogens is 1. The second-order valence-electron chi connectivity index (χ2n) is 8.03. The van der Waals surface area contributed by atoms with Gasteiger partial charge in [-0.3, -0.25) is 4.98 Å². The van der Waals surface area contributed by atoms with Crippen LogP contribution in [0.15, 0.2) is 18.2 Å². The molecule has 1 aromatic heterocycles. The third-order valence-electron chi connectivity index (χ3n) is 5.37. The number of carboxylic acids is 1.